The SMILES string of the molecule is COc1ccc([C@H](O)C2C(=O)NC(=S)NC2=O)c(C(=O)[O-])c1OC. The van der Waals surface area contributed by atoms with E-state index in [1.54, 1.807) is 0 Å². The Balaban J connectivity index is 2.55. The third kappa shape index (κ3) is 3.01. The second-order valence-corrected chi connectivity index (χ2v) is 5.19. The zero-order valence-electron chi connectivity index (χ0n) is 12.6. The predicted octanol–water partition coefficient (Wildman–Crippen LogP) is -1.75. The van der Waals surface area contributed by atoms with Crippen LogP contribution in [0.2, 0.25) is 0 Å². The highest BCUT2D eigenvalue weighted by Crippen LogP contribution is 2.37. The third-order valence-electron chi connectivity index (χ3n) is 3.45. The number of aliphatic hydroxyl groups excluding tert-OH is 1. The molecule has 0 unspecified atom stereocenters. The first kappa shape index (κ1) is 17.6. The van der Waals surface area contributed by atoms with Gasteiger partial charge in [-0.25, -0.2) is 0 Å². The summed E-state index contributed by atoms with van der Waals surface area (Å²) in [6.45, 7) is 0. The van der Waals surface area contributed by atoms with Crippen LogP contribution in [0.25, 0.3) is 0 Å². The van der Waals surface area contributed by atoms with E-state index >= 15 is 0 Å². The number of hydrogen-bond donors (Lipinski definition) is 3. The molecular weight excluding hydrogens is 340 g/mol. The lowest BCUT2D eigenvalue weighted by Crippen LogP contribution is -2.57. The number of carbonyl (C=O) groups excluding carboxylic acids is 3. The summed E-state index contributed by atoms with van der Waals surface area (Å²) in [6.07, 6.45) is -1.76. The number of methoxy groups -OCH3 is 2. The van der Waals surface area contributed by atoms with Crippen LogP contribution in [0.1, 0.15) is 22.0 Å². The molecule has 3 N–H and O–H groups in total. The number of ether oxygens (including phenoxy) is 2. The molecular formula is C14H13N2O7S-. The molecule has 10 heteroatoms. The average molecular weight is 353 g/mol. The average Bonchev–Trinajstić information content (AvgIpc) is 2.51. The maximum absolute atomic E-state index is 12.0. The Kier molecular flexibility index (Phi) is 5.00. The van der Waals surface area contributed by atoms with Gasteiger partial charge in [-0.15, -0.1) is 0 Å². The van der Waals surface area contributed by atoms with Crippen LogP contribution in [-0.2, 0) is 9.59 Å². The number of carboxylic acid groups (broad SMARTS) is 1. The number of rotatable bonds is 5. The van der Waals surface area contributed by atoms with Gasteiger partial charge in [0.15, 0.2) is 16.6 Å². The van der Waals surface area contributed by atoms with Crippen molar-refractivity contribution < 1.29 is 34.1 Å². The largest absolute Gasteiger partial charge is 0.545 e. The van der Waals surface area contributed by atoms with Crippen molar-refractivity contribution in [2.75, 3.05) is 14.2 Å². The number of carboxylic acids is 1. The van der Waals surface area contributed by atoms with Crippen LogP contribution in [0.5, 0.6) is 11.5 Å². The minimum Gasteiger partial charge on any atom is -0.545 e. The van der Waals surface area contributed by atoms with Crippen LogP contribution in [0.15, 0.2) is 12.1 Å². The highest BCUT2D eigenvalue weighted by atomic mass is 32.1. The molecule has 0 saturated carbocycles. The molecule has 1 saturated heterocycles. The molecule has 2 rings (SSSR count). The van der Waals surface area contributed by atoms with Crippen LogP contribution >= 0.6 is 12.2 Å². The highest BCUT2D eigenvalue weighted by molar-refractivity contribution is 7.80. The zero-order valence-corrected chi connectivity index (χ0v) is 13.4. The molecule has 1 aliphatic rings. The van der Waals surface area contributed by atoms with Crippen molar-refractivity contribution in [3.05, 3.63) is 23.3 Å². The predicted molar refractivity (Wildman–Crippen MR) is 81.2 cm³/mol. The Morgan fingerprint density at radius 2 is 1.83 bits per heavy atom. The molecule has 0 spiro atoms. The van der Waals surface area contributed by atoms with E-state index < -0.39 is 35.4 Å². The minimum atomic E-state index is -1.76. The van der Waals surface area contributed by atoms with Gasteiger partial charge >= 0.3 is 0 Å². The standard InChI is InChI=1S/C14H14N2O7S/c1-22-6-4-3-5(7(13(20)21)10(6)23-2)9(17)8-11(18)15-14(24)16-12(8)19/h3-4,8-9,17H,1-2H3,(H,20,21)(H2,15,16,18,19,24)/p-1/t9-/m0/s1. The zero-order chi connectivity index (χ0) is 18.0. The number of aromatic carboxylic acids is 1. The van der Waals surface area contributed by atoms with Gasteiger partial charge in [0.25, 0.3) is 0 Å². The summed E-state index contributed by atoms with van der Waals surface area (Å²) in [5, 5.41) is 26.1. The number of benzene rings is 1. The molecule has 1 heterocycles. The molecule has 9 nitrogen and oxygen atoms in total. The van der Waals surface area contributed by atoms with Crippen molar-refractivity contribution in [2.24, 2.45) is 5.92 Å². The van der Waals surface area contributed by atoms with Crippen molar-refractivity contribution >= 4 is 35.1 Å². The van der Waals surface area contributed by atoms with Crippen LogP contribution in [-0.4, -0.2) is 42.2 Å². The lowest BCUT2D eigenvalue weighted by molar-refractivity contribution is -0.255. The first-order valence-corrected chi connectivity index (χ1v) is 7.02. The van der Waals surface area contributed by atoms with Gasteiger partial charge in [-0.3, -0.25) is 9.59 Å². The quantitative estimate of drug-likeness (QED) is 0.419. The second-order valence-electron chi connectivity index (χ2n) is 4.78. The van der Waals surface area contributed by atoms with E-state index in [0.29, 0.717) is 0 Å². The van der Waals surface area contributed by atoms with Gasteiger partial charge in [0.1, 0.15) is 12.0 Å². The molecule has 1 aliphatic heterocycles. The molecule has 2 amide bonds. The van der Waals surface area contributed by atoms with Crippen molar-refractivity contribution in [1.29, 1.82) is 0 Å². The van der Waals surface area contributed by atoms with Crippen molar-refractivity contribution in [3.63, 3.8) is 0 Å². The van der Waals surface area contributed by atoms with Crippen molar-refractivity contribution in [1.82, 2.24) is 10.6 Å². The summed E-state index contributed by atoms with van der Waals surface area (Å²) >= 11 is 4.67. The molecule has 0 aliphatic carbocycles. The lowest BCUT2D eigenvalue weighted by atomic mass is 9.89. The minimum absolute atomic E-state index is 0.0892. The van der Waals surface area contributed by atoms with Gasteiger partial charge in [-0.05, 0) is 23.8 Å². The fourth-order valence-corrected chi connectivity index (χ4v) is 2.60. The Bertz CT molecular complexity index is 714. The molecule has 0 bridgehead atoms. The summed E-state index contributed by atoms with van der Waals surface area (Å²) in [6, 6.07) is 2.55. The van der Waals surface area contributed by atoms with Crippen molar-refractivity contribution in [3.8, 4) is 11.5 Å². The van der Waals surface area contributed by atoms with Crippen LogP contribution in [0.3, 0.4) is 0 Å². The number of carbonyl (C=O) groups is 3. The van der Waals surface area contributed by atoms with E-state index in [4.69, 9.17) is 9.47 Å². The molecule has 0 aromatic heterocycles. The molecule has 1 atom stereocenters. The van der Waals surface area contributed by atoms with Gasteiger partial charge in [-0.2, -0.15) is 0 Å². The first-order chi connectivity index (χ1) is 11.3. The normalized spacial score (nSPS) is 16.2. The summed E-state index contributed by atoms with van der Waals surface area (Å²) in [5.41, 5.74) is -0.742. The van der Waals surface area contributed by atoms with Gasteiger partial charge in [0, 0.05) is 5.56 Å². The van der Waals surface area contributed by atoms with Crippen LogP contribution in [0, 0.1) is 5.92 Å². The Hall–Kier alpha value is -2.72. The maximum Gasteiger partial charge on any atom is 0.241 e. The van der Waals surface area contributed by atoms with E-state index in [1.165, 1.54) is 26.4 Å². The van der Waals surface area contributed by atoms with Crippen LogP contribution < -0.4 is 25.2 Å². The molecule has 1 aromatic rings. The highest BCUT2D eigenvalue weighted by Gasteiger charge is 2.40. The van der Waals surface area contributed by atoms with E-state index in [-0.39, 0.29) is 22.2 Å². The molecule has 24 heavy (non-hydrogen) atoms. The number of nitrogens with one attached hydrogen (secondary N) is 2. The number of amides is 2. The third-order valence-corrected chi connectivity index (χ3v) is 3.66. The monoisotopic (exact) mass is 353 g/mol. The smallest absolute Gasteiger partial charge is 0.241 e. The summed E-state index contributed by atoms with van der Waals surface area (Å²) in [5.74, 6) is -5.06. The van der Waals surface area contributed by atoms with Crippen molar-refractivity contribution in [2.45, 2.75) is 6.10 Å². The fraction of sp³-hybridized carbons (Fsp3) is 0.286. The van der Waals surface area contributed by atoms with Gasteiger partial charge in [-0.1, -0.05) is 6.07 Å². The maximum atomic E-state index is 12.0. The number of hydrogen-bond acceptors (Lipinski definition) is 8. The second kappa shape index (κ2) is 6.81. The van der Waals surface area contributed by atoms with Crippen LogP contribution in [0.4, 0.5) is 0 Å². The Labute approximate surface area is 141 Å². The Morgan fingerprint density at radius 1 is 1.25 bits per heavy atom. The summed E-state index contributed by atoms with van der Waals surface area (Å²) in [4.78, 5) is 35.4. The van der Waals surface area contributed by atoms with E-state index in [9.17, 15) is 24.6 Å². The Morgan fingerprint density at radius 3 is 2.29 bits per heavy atom. The lowest BCUT2D eigenvalue weighted by Gasteiger charge is -2.28. The summed E-state index contributed by atoms with van der Waals surface area (Å²) in [7, 11) is 2.51. The van der Waals surface area contributed by atoms with Gasteiger partial charge in [0.05, 0.1) is 20.2 Å². The molecule has 0 radical (unpaired) electrons. The molecule has 1 aromatic carbocycles. The molecule has 1 fully saturated rings. The van der Waals surface area contributed by atoms with Gasteiger partial charge in [0.2, 0.25) is 11.8 Å². The van der Waals surface area contributed by atoms with E-state index in [1.807, 2.05) is 0 Å². The molecule has 128 valence electrons. The summed E-state index contributed by atoms with van der Waals surface area (Å²) < 4.78 is 9.99. The van der Waals surface area contributed by atoms with E-state index in [0.717, 1.165) is 0 Å². The fourth-order valence-electron chi connectivity index (χ4n) is 2.40. The number of thiocarbonyl (C=S) groups is 1. The topological polar surface area (TPSA) is 137 Å². The first-order valence-electron chi connectivity index (χ1n) is 6.61. The van der Waals surface area contributed by atoms with E-state index in [2.05, 4.69) is 22.9 Å². The number of aliphatic hydroxyl groups is 1. The van der Waals surface area contributed by atoms with Gasteiger partial charge < -0.3 is 35.1 Å².